The highest BCUT2D eigenvalue weighted by Gasteiger charge is 2.30. The predicted molar refractivity (Wildman–Crippen MR) is 100 cm³/mol. The van der Waals surface area contributed by atoms with E-state index in [1.165, 1.54) is 11.3 Å². The maximum atomic E-state index is 12.4. The minimum absolute atomic E-state index is 0.0876. The number of ether oxygens (including phenoxy) is 1. The summed E-state index contributed by atoms with van der Waals surface area (Å²) in [5, 5.41) is 7.98. The second-order valence-electron chi connectivity index (χ2n) is 6.32. The van der Waals surface area contributed by atoms with Crippen LogP contribution in [0, 0.1) is 0 Å². The first-order valence-corrected chi connectivity index (χ1v) is 9.39. The molecule has 3 aromatic rings. The molecule has 0 radical (unpaired) electrons. The van der Waals surface area contributed by atoms with Gasteiger partial charge in [-0.2, -0.15) is 5.10 Å². The molecule has 26 heavy (non-hydrogen) atoms. The average Bonchev–Trinajstić information content (AvgIpc) is 3.25. The molecular weight excluding hydrogens is 350 g/mol. The van der Waals surface area contributed by atoms with E-state index in [4.69, 9.17) is 4.74 Å². The first-order chi connectivity index (χ1) is 12.7. The van der Waals surface area contributed by atoms with Crippen molar-refractivity contribution in [2.75, 3.05) is 26.7 Å². The van der Waals surface area contributed by atoms with Crippen LogP contribution in [0.15, 0.2) is 30.6 Å². The second-order valence-corrected chi connectivity index (χ2v) is 7.32. The first kappa shape index (κ1) is 17.1. The van der Waals surface area contributed by atoms with Crippen LogP contribution in [0.2, 0.25) is 0 Å². The summed E-state index contributed by atoms with van der Waals surface area (Å²) in [5.74, 6) is -0.0876. The van der Waals surface area contributed by atoms with Gasteiger partial charge < -0.3 is 10.1 Å². The highest BCUT2D eigenvalue weighted by molar-refractivity contribution is 7.20. The second kappa shape index (κ2) is 7.14. The van der Waals surface area contributed by atoms with E-state index in [1.54, 1.807) is 13.2 Å². The molecule has 1 aliphatic heterocycles. The lowest BCUT2D eigenvalue weighted by atomic mass is 10.0. The molecule has 4 rings (SSSR count). The zero-order chi connectivity index (χ0) is 18.1. The molecular formula is C18H21N5O2S. The Kier molecular flexibility index (Phi) is 4.71. The van der Waals surface area contributed by atoms with Crippen molar-refractivity contribution in [3.8, 4) is 0 Å². The lowest BCUT2D eigenvalue weighted by Gasteiger charge is -2.33. The number of carbonyl (C=O) groups excluding carboxylic acids is 1. The molecule has 4 heterocycles. The molecule has 8 heteroatoms. The number of thiophene rings is 1. The molecule has 1 atom stereocenters. The summed E-state index contributed by atoms with van der Waals surface area (Å²) in [6.07, 6.45) is 3.42. The molecule has 7 nitrogen and oxygen atoms in total. The number of morpholine rings is 1. The van der Waals surface area contributed by atoms with Crippen molar-refractivity contribution in [1.82, 2.24) is 25.0 Å². The van der Waals surface area contributed by atoms with Crippen molar-refractivity contribution in [3.63, 3.8) is 0 Å². The van der Waals surface area contributed by atoms with Crippen LogP contribution < -0.4 is 5.32 Å². The van der Waals surface area contributed by atoms with Gasteiger partial charge in [0.2, 0.25) is 0 Å². The van der Waals surface area contributed by atoms with Crippen molar-refractivity contribution in [1.29, 1.82) is 0 Å². The summed E-state index contributed by atoms with van der Waals surface area (Å²) in [4.78, 5) is 20.7. The molecule has 1 unspecified atom stereocenters. The van der Waals surface area contributed by atoms with E-state index >= 15 is 0 Å². The van der Waals surface area contributed by atoms with E-state index in [-0.39, 0.29) is 12.0 Å². The van der Waals surface area contributed by atoms with Crippen LogP contribution in [-0.4, -0.2) is 52.3 Å². The fraction of sp³-hybridized carbons (Fsp3) is 0.389. The number of amides is 1. The number of nitrogens with zero attached hydrogens (tertiary/aromatic N) is 4. The number of hydrogen-bond acceptors (Lipinski definition) is 6. The lowest BCUT2D eigenvalue weighted by Crippen LogP contribution is -2.38. The van der Waals surface area contributed by atoms with Gasteiger partial charge in [0.1, 0.15) is 9.71 Å². The van der Waals surface area contributed by atoms with Crippen LogP contribution in [0.25, 0.3) is 10.2 Å². The van der Waals surface area contributed by atoms with Gasteiger partial charge in [-0.25, -0.2) is 4.98 Å². The highest BCUT2D eigenvalue weighted by Crippen LogP contribution is 2.37. The van der Waals surface area contributed by atoms with Gasteiger partial charge in [-0.05, 0) is 12.1 Å². The Labute approximate surface area is 155 Å². The predicted octanol–water partition coefficient (Wildman–Crippen LogP) is 1.96. The van der Waals surface area contributed by atoms with Crippen molar-refractivity contribution < 1.29 is 9.53 Å². The van der Waals surface area contributed by atoms with E-state index in [0.717, 1.165) is 41.1 Å². The Hall–Kier alpha value is -2.29. The summed E-state index contributed by atoms with van der Waals surface area (Å²) >= 11 is 1.42. The molecule has 0 bridgehead atoms. The third-order valence-corrected chi connectivity index (χ3v) is 5.85. The van der Waals surface area contributed by atoms with Crippen molar-refractivity contribution in [3.05, 3.63) is 46.7 Å². The Morgan fingerprint density at radius 2 is 2.31 bits per heavy atom. The van der Waals surface area contributed by atoms with E-state index < -0.39 is 0 Å². The molecule has 3 aromatic heterocycles. The fourth-order valence-electron chi connectivity index (χ4n) is 3.36. The third-order valence-electron chi connectivity index (χ3n) is 4.72. The van der Waals surface area contributed by atoms with Crippen LogP contribution in [0.1, 0.15) is 27.0 Å². The molecule has 0 aromatic carbocycles. The zero-order valence-corrected chi connectivity index (χ0v) is 15.6. The molecule has 0 aliphatic carbocycles. The quantitative estimate of drug-likeness (QED) is 0.759. The van der Waals surface area contributed by atoms with Gasteiger partial charge in [0.15, 0.2) is 0 Å². The number of fused-ring (bicyclic) bond motifs is 1. The van der Waals surface area contributed by atoms with Crippen molar-refractivity contribution in [2.24, 2.45) is 7.05 Å². The van der Waals surface area contributed by atoms with E-state index in [2.05, 4.69) is 20.3 Å². The number of nitrogens with one attached hydrogen (secondary N) is 1. The van der Waals surface area contributed by atoms with E-state index in [0.29, 0.717) is 11.5 Å². The number of hydrogen-bond donors (Lipinski definition) is 1. The average molecular weight is 371 g/mol. The number of pyridine rings is 1. The Morgan fingerprint density at radius 1 is 1.42 bits per heavy atom. The maximum Gasteiger partial charge on any atom is 0.261 e. The molecule has 1 N–H and O–H groups in total. The van der Waals surface area contributed by atoms with Gasteiger partial charge >= 0.3 is 0 Å². The molecule has 1 amide bonds. The molecule has 0 spiro atoms. The van der Waals surface area contributed by atoms with Gasteiger partial charge in [0, 0.05) is 57.1 Å². The fourth-order valence-corrected chi connectivity index (χ4v) is 4.50. The van der Waals surface area contributed by atoms with Gasteiger partial charge in [0.25, 0.3) is 5.91 Å². The number of aryl methyl sites for hydroxylation is 1. The van der Waals surface area contributed by atoms with E-state index in [1.807, 2.05) is 36.1 Å². The van der Waals surface area contributed by atoms with Crippen LogP contribution in [-0.2, 0) is 18.3 Å². The van der Waals surface area contributed by atoms with Crippen molar-refractivity contribution in [2.45, 2.75) is 12.6 Å². The SMILES string of the molecule is CNC(=O)c1sc2ncccc2c1C1CN(Cc2ccnn2C)CCO1. The van der Waals surface area contributed by atoms with Gasteiger partial charge in [-0.15, -0.1) is 11.3 Å². The Morgan fingerprint density at radius 3 is 3.08 bits per heavy atom. The Balaban J connectivity index is 1.66. The monoisotopic (exact) mass is 371 g/mol. The lowest BCUT2D eigenvalue weighted by molar-refractivity contribution is -0.0329. The third kappa shape index (κ3) is 3.11. The van der Waals surface area contributed by atoms with E-state index in [9.17, 15) is 4.79 Å². The standard InChI is InChI=1S/C18H21N5O2S/c1-19-17(24)16-15(13-4-3-6-20-18(13)26-16)14-11-23(8-9-25-14)10-12-5-7-21-22(12)2/h3-7,14H,8-11H2,1-2H3,(H,19,24). The maximum absolute atomic E-state index is 12.4. The minimum atomic E-state index is -0.151. The molecule has 1 saturated heterocycles. The largest absolute Gasteiger partial charge is 0.371 e. The normalized spacial score (nSPS) is 18.3. The summed E-state index contributed by atoms with van der Waals surface area (Å²) in [7, 11) is 3.61. The Bertz CT molecular complexity index is 935. The number of carbonyl (C=O) groups is 1. The summed E-state index contributed by atoms with van der Waals surface area (Å²) in [5.41, 5.74) is 2.11. The summed E-state index contributed by atoms with van der Waals surface area (Å²) in [6, 6.07) is 5.96. The number of aromatic nitrogens is 3. The topological polar surface area (TPSA) is 72.3 Å². The number of rotatable bonds is 4. The summed E-state index contributed by atoms with van der Waals surface area (Å²) in [6.45, 7) is 3.03. The molecule has 0 saturated carbocycles. The van der Waals surface area contributed by atoms with Crippen LogP contribution in [0.3, 0.4) is 0 Å². The minimum Gasteiger partial charge on any atom is -0.371 e. The molecule has 1 fully saturated rings. The summed E-state index contributed by atoms with van der Waals surface area (Å²) < 4.78 is 7.97. The highest BCUT2D eigenvalue weighted by atomic mass is 32.1. The molecule has 136 valence electrons. The van der Waals surface area contributed by atoms with Crippen LogP contribution >= 0.6 is 11.3 Å². The van der Waals surface area contributed by atoms with Gasteiger partial charge in [-0.3, -0.25) is 14.4 Å². The smallest absolute Gasteiger partial charge is 0.261 e. The van der Waals surface area contributed by atoms with Crippen molar-refractivity contribution >= 4 is 27.5 Å². The van der Waals surface area contributed by atoms with Gasteiger partial charge in [-0.1, -0.05) is 6.07 Å². The first-order valence-electron chi connectivity index (χ1n) is 8.57. The zero-order valence-electron chi connectivity index (χ0n) is 14.8. The van der Waals surface area contributed by atoms with Gasteiger partial charge in [0.05, 0.1) is 18.4 Å². The van der Waals surface area contributed by atoms with Crippen LogP contribution in [0.5, 0.6) is 0 Å². The molecule has 1 aliphatic rings. The van der Waals surface area contributed by atoms with Crippen LogP contribution in [0.4, 0.5) is 0 Å².